The van der Waals surface area contributed by atoms with E-state index < -0.39 is 6.04 Å². The Bertz CT molecular complexity index is 204. The van der Waals surface area contributed by atoms with Crippen molar-refractivity contribution in [1.29, 1.82) is 0 Å². The molecular weight excluding hydrogens is 206 g/mol. The standard InChI is InChI=1S/C12H25NO3/c1-5-6-7-10(13)11(14)16-9-8-12(2,3)15-4/h10H,5-9,13H2,1-4H3. The number of nitrogens with two attached hydrogens (primary N) is 1. The summed E-state index contributed by atoms with van der Waals surface area (Å²) < 4.78 is 10.3. The number of carbonyl (C=O) groups is 1. The van der Waals surface area contributed by atoms with Crippen LogP contribution in [0.15, 0.2) is 0 Å². The largest absolute Gasteiger partial charge is 0.464 e. The molecule has 0 spiro atoms. The lowest BCUT2D eigenvalue weighted by Crippen LogP contribution is -2.33. The number of hydrogen-bond donors (Lipinski definition) is 1. The van der Waals surface area contributed by atoms with Gasteiger partial charge in [0.1, 0.15) is 6.04 Å². The molecule has 1 unspecified atom stereocenters. The van der Waals surface area contributed by atoms with Crippen LogP contribution in [0, 0.1) is 0 Å². The van der Waals surface area contributed by atoms with Gasteiger partial charge in [0, 0.05) is 13.5 Å². The second-order valence-corrected chi connectivity index (χ2v) is 4.63. The first-order valence-electron chi connectivity index (χ1n) is 5.90. The Balaban J connectivity index is 3.72. The molecule has 0 aliphatic heterocycles. The van der Waals surface area contributed by atoms with Gasteiger partial charge in [0.2, 0.25) is 0 Å². The van der Waals surface area contributed by atoms with Crippen LogP contribution in [0.4, 0.5) is 0 Å². The van der Waals surface area contributed by atoms with Crippen LogP contribution < -0.4 is 5.73 Å². The summed E-state index contributed by atoms with van der Waals surface area (Å²) in [5, 5.41) is 0. The fourth-order valence-corrected chi connectivity index (χ4v) is 1.15. The quantitative estimate of drug-likeness (QED) is 0.648. The lowest BCUT2D eigenvalue weighted by Gasteiger charge is -2.22. The van der Waals surface area contributed by atoms with Gasteiger partial charge in [-0.05, 0) is 20.3 Å². The van der Waals surface area contributed by atoms with E-state index in [1.54, 1.807) is 7.11 Å². The molecule has 0 aromatic heterocycles. The molecule has 0 heterocycles. The van der Waals surface area contributed by atoms with Crippen molar-refractivity contribution >= 4 is 5.97 Å². The van der Waals surface area contributed by atoms with E-state index in [0.29, 0.717) is 19.4 Å². The molecule has 0 bridgehead atoms. The van der Waals surface area contributed by atoms with Gasteiger partial charge in [-0.25, -0.2) is 0 Å². The Morgan fingerprint density at radius 2 is 2.06 bits per heavy atom. The number of unbranched alkanes of at least 4 members (excludes halogenated alkanes) is 1. The first-order chi connectivity index (χ1) is 7.43. The van der Waals surface area contributed by atoms with Crippen LogP contribution in [0.1, 0.15) is 46.5 Å². The molecule has 0 radical (unpaired) electrons. The van der Waals surface area contributed by atoms with Crippen molar-refractivity contribution in [2.45, 2.75) is 58.1 Å². The third-order valence-corrected chi connectivity index (χ3v) is 2.67. The van der Waals surface area contributed by atoms with Gasteiger partial charge in [0.15, 0.2) is 0 Å². The molecule has 0 aromatic rings. The van der Waals surface area contributed by atoms with Gasteiger partial charge in [0.05, 0.1) is 12.2 Å². The van der Waals surface area contributed by atoms with Crippen molar-refractivity contribution < 1.29 is 14.3 Å². The number of ether oxygens (including phenoxy) is 2. The fourth-order valence-electron chi connectivity index (χ4n) is 1.15. The molecule has 0 amide bonds. The molecule has 96 valence electrons. The first-order valence-corrected chi connectivity index (χ1v) is 5.90. The van der Waals surface area contributed by atoms with Crippen LogP contribution >= 0.6 is 0 Å². The van der Waals surface area contributed by atoms with E-state index in [1.165, 1.54) is 0 Å². The van der Waals surface area contributed by atoms with Gasteiger partial charge >= 0.3 is 5.97 Å². The SMILES string of the molecule is CCCCC(N)C(=O)OCCC(C)(C)OC. The lowest BCUT2D eigenvalue weighted by atomic mass is 10.1. The van der Waals surface area contributed by atoms with Crippen molar-refractivity contribution in [1.82, 2.24) is 0 Å². The highest BCUT2D eigenvalue weighted by Crippen LogP contribution is 2.12. The van der Waals surface area contributed by atoms with Crippen molar-refractivity contribution in [2.75, 3.05) is 13.7 Å². The summed E-state index contributed by atoms with van der Waals surface area (Å²) in [5.74, 6) is -0.305. The first kappa shape index (κ1) is 15.4. The van der Waals surface area contributed by atoms with Crippen LogP contribution in [-0.4, -0.2) is 31.3 Å². The van der Waals surface area contributed by atoms with E-state index in [9.17, 15) is 4.79 Å². The average Bonchev–Trinajstić information content (AvgIpc) is 2.25. The Morgan fingerprint density at radius 3 is 2.56 bits per heavy atom. The zero-order valence-corrected chi connectivity index (χ0v) is 10.9. The van der Waals surface area contributed by atoms with Crippen molar-refractivity contribution in [2.24, 2.45) is 5.73 Å². The highest BCUT2D eigenvalue weighted by Gasteiger charge is 2.19. The van der Waals surface area contributed by atoms with Gasteiger partial charge in [0.25, 0.3) is 0 Å². The predicted octanol–water partition coefficient (Wildman–Crippen LogP) is 1.86. The predicted molar refractivity (Wildman–Crippen MR) is 64.2 cm³/mol. The number of carbonyl (C=O) groups excluding carboxylic acids is 1. The van der Waals surface area contributed by atoms with Gasteiger partial charge < -0.3 is 15.2 Å². The van der Waals surface area contributed by atoms with Gasteiger partial charge in [-0.3, -0.25) is 4.79 Å². The van der Waals surface area contributed by atoms with Crippen LogP contribution in [0.25, 0.3) is 0 Å². The number of hydrogen-bond acceptors (Lipinski definition) is 4. The summed E-state index contributed by atoms with van der Waals surface area (Å²) in [4.78, 5) is 11.4. The molecule has 4 heteroatoms. The Labute approximate surface area is 98.5 Å². The molecule has 0 saturated carbocycles. The van der Waals surface area contributed by atoms with Gasteiger partial charge in [-0.1, -0.05) is 19.8 Å². The molecule has 16 heavy (non-hydrogen) atoms. The molecule has 4 nitrogen and oxygen atoms in total. The van der Waals surface area contributed by atoms with Crippen LogP contribution in [0.3, 0.4) is 0 Å². The number of methoxy groups -OCH3 is 1. The lowest BCUT2D eigenvalue weighted by molar-refractivity contribution is -0.146. The molecular formula is C12H25NO3. The minimum atomic E-state index is -0.481. The normalized spacial score (nSPS) is 13.6. The van der Waals surface area contributed by atoms with E-state index in [-0.39, 0.29) is 11.6 Å². The van der Waals surface area contributed by atoms with Gasteiger partial charge in [-0.15, -0.1) is 0 Å². The maximum absolute atomic E-state index is 11.4. The molecule has 1 atom stereocenters. The Morgan fingerprint density at radius 1 is 1.44 bits per heavy atom. The molecule has 0 aromatic carbocycles. The monoisotopic (exact) mass is 231 g/mol. The summed E-state index contributed by atoms with van der Waals surface area (Å²) in [6, 6.07) is -0.481. The minimum Gasteiger partial charge on any atom is -0.464 e. The molecule has 0 aliphatic carbocycles. The maximum atomic E-state index is 11.4. The highest BCUT2D eigenvalue weighted by atomic mass is 16.5. The van der Waals surface area contributed by atoms with E-state index in [0.717, 1.165) is 12.8 Å². The van der Waals surface area contributed by atoms with Crippen molar-refractivity contribution in [3.05, 3.63) is 0 Å². The van der Waals surface area contributed by atoms with Crippen LogP contribution in [0.2, 0.25) is 0 Å². The minimum absolute atomic E-state index is 0.256. The molecule has 0 aliphatic rings. The van der Waals surface area contributed by atoms with Crippen LogP contribution in [-0.2, 0) is 14.3 Å². The number of esters is 1. The van der Waals surface area contributed by atoms with E-state index >= 15 is 0 Å². The fraction of sp³-hybridized carbons (Fsp3) is 0.917. The summed E-state index contributed by atoms with van der Waals surface area (Å²) >= 11 is 0. The second-order valence-electron chi connectivity index (χ2n) is 4.63. The second kappa shape index (κ2) is 7.63. The van der Waals surface area contributed by atoms with Gasteiger partial charge in [-0.2, -0.15) is 0 Å². The molecule has 0 saturated heterocycles. The van der Waals surface area contributed by atoms with E-state index in [1.807, 2.05) is 13.8 Å². The summed E-state index contributed by atoms with van der Waals surface area (Å²) in [5.41, 5.74) is 5.42. The van der Waals surface area contributed by atoms with E-state index in [4.69, 9.17) is 15.2 Å². The molecule has 0 fully saturated rings. The Kier molecular flexibility index (Phi) is 7.34. The maximum Gasteiger partial charge on any atom is 0.322 e. The number of rotatable bonds is 8. The highest BCUT2D eigenvalue weighted by molar-refractivity contribution is 5.75. The van der Waals surface area contributed by atoms with Crippen molar-refractivity contribution in [3.63, 3.8) is 0 Å². The third-order valence-electron chi connectivity index (χ3n) is 2.67. The molecule has 0 rings (SSSR count). The zero-order chi connectivity index (χ0) is 12.6. The topological polar surface area (TPSA) is 61.6 Å². The smallest absolute Gasteiger partial charge is 0.322 e. The van der Waals surface area contributed by atoms with E-state index in [2.05, 4.69) is 6.92 Å². The third kappa shape index (κ3) is 6.80. The van der Waals surface area contributed by atoms with Crippen LogP contribution in [0.5, 0.6) is 0 Å². The summed E-state index contributed by atoms with van der Waals surface area (Å²) in [7, 11) is 1.65. The molecule has 2 N–H and O–H groups in total. The Hall–Kier alpha value is -0.610. The summed E-state index contributed by atoms with van der Waals surface area (Å²) in [6.07, 6.45) is 3.37. The average molecular weight is 231 g/mol. The summed E-state index contributed by atoms with van der Waals surface area (Å²) in [6.45, 7) is 6.34. The zero-order valence-electron chi connectivity index (χ0n) is 10.9. The van der Waals surface area contributed by atoms with Crippen molar-refractivity contribution in [3.8, 4) is 0 Å².